The van der Waals surface area contributed by atoms with Gasteiger partial charge < -0.3 is 10.4 Å². The largest absolute Gasteiger partial charge is 0.481 e. The minimum absolute atomic E-state index is 0.155. The minimum atomic E-state index is -4.11. The van der Waals surface area contributed by atoms with Crippen LogP contribution in [0.2, 0.25) is 0 Å². The highest BCUT2D eigenvalue weighted by atomic mass is 35.5. The Morgan fingerprint density at radius 1 is 1.35 bits per heavy atom. The van der Waals surface area contributed by atoms with E-state index in [0.29, 0.717) is 0 Å². The molecule has 0 spiro atoms. The molecule has 9 nitrogen and oxygen atoms in total. The molecule has 0 aliphatic carbocycles. The Kier molecular flexibility index (Phi) is 3.91. The van der Waals surface area contributed by atoms with E-state index >= 15 is 0 Å². The van der Waals surface area contributed by atoms with Crippen LogP contribution in [0.25, 0.3) is 0 Å². The molecule has 0 saturated carbocycles. The third-order valence-corrected chi connectivity index (χ3v) is 4.37. The van der Waals surface area contributed by atoms with E-state index in [2.05, 4.69) is 15.0 Å². The number of hydrogen-bond donors (Lipinski definition) is 3. The molecule has 2 aliphatic heterocycles. The molecule has 2 aliphatic rings. The van der Waals surface area contributed by atoms with E-state index < -0.39 is 28.1 Å². The highest BCUT2D eigenvalue weighted by Crippen LogP contribution is 2.22. The quantitative estimate of drug-likeness (QED) is 0.643. The average molecular weight is 343 g/mol. The number of aliphatic carboxylic acids is 1. The number of amides is 2. The fourth-order valence-corrected chi connectivity index (χ4v) is 3.03. The first-order valence-electron chi connectivity index (χ1n) is 5.17. The second kappa shape index (κ2) is 5.20. The number of rotatable bonds is 3. The summed E-state index contributed by atoms with van der Waals surface area (Å²) in [5.74, 6) is -2.18. The summed E-state index contributed by atoms with van der Waals surface area (Å²) < 4.78 is 27.6. The van der Waals surface area contributed by atoms with Gasteiger partial charge in [-0.1, -0.05) is 23.2 Å². The number of carboxylic acids is 1. The van der Waals surface area contributed by atoms with Crippen molar-refractivity contribution in [2.75, 3.05) is 13.1 Å². The van der Waals surface area contributed by atoms with Crippen molar-refractivity contribution in [1.29, 1.82) is 0 Å². The number of hydrogen-bond acceptors (Lipinski definition) is 4. The van der Waals surface area contributed by atoms with Crippen molar-refractivity contribution in [3.8, 4) is 0 Å². The van der Waals surface area contributed by atoms with Gasteiger partial charge in [0.1, 0.15) is 10.2 Å². The Hall–Kier alpha value is -1.36. The molecule has 2 rings (SSSR count). The maximum Gasteiger partial charge on any atom is 0.325 e. The van der Waals surface area contributed by atoms with Crippen LogP contribution in [0.5, 0.6) is 0 Å². The number of nitrogens with zero attached hydrogens (tertiary/aromatic N) is 2. The molecular formula is C8H8Cl2N4O5S. The van der Waals surface area contributed by atoms with Gasteiger partial charge in [-0.25, -0.2) is 4.79 Å². The maximum atomic E-state index is 11.9. The molecule has 2 fully saturated rings. The van der Waals surface area contributed by atoms with Gasteiger partial charge in [-0.3, -0.25) is 10.1 Å². The number of halogens is 2. The summed E-state index contributed by atoms with van der Waals surface area (Å²) in [5, 5.41) is 13.0. The summed E-state index contributed by atoms with van der Waals surface area (Å²) in [6.07, 6.45) is 0. The number of carbonyl (C=O) groups excluding carboxylic acids is 1. The number of nitrogens with one attached hydrogen (secondary N) is 2. The van der Waals surface area contributed by atoms with Gasteiger partial charge in [0.05, 0.1) is 5.92 Å². The Morgan fingerprint density at radius 2 is 1.95 bits per heavy atom. The van der Waals surface area contributed by atoms with Crippen molar-refractivity contribution in [1.82, 2.24) is 14.9 Å². The molecule has 0 radical (unpaired) electrons. The maximum absolute atomic E-state index is 11.9. The third-order valence-electron chi connectivity index (χ3n) is 2.63. The second-order valence-electron chi connectivity index (χ2n) is 3.98. The van der Waals surface area contributed by atoms with Gasteiger partial charge in [0.25, 0.3) is 0 Å². The van der Waals surface area contributed by atoms with Crippen molar-refractivity contribution in [3.63, 3.8) is 0 Å². The summed E-state index contributed by atoms with van der Waals surface area (Å²) >= 11 is 11.0. The first kappa shape index (κ1) is 15.0. The lowest BCUT2D eigenvalue weighted by atomic mass is 10.0. The molecule has 0 aromatic carbocycles. The fraction of sp³-hybridized carbons (Fsp3) is 0.375. The summed E-state index contributed by atoms with van der Waals surface area (Å²) in [6, 6.07) is -0.722. The van der Waals surface area contributed by atoms with Crippen LogP contribution in [-0.2, 0) is 15.0 Å². The lowest BCUT2D eigenvalue weighted by Crippen LogP contribution is -2.52. The van der Waals surface area contributed by atoms with Crippen molar-refractivity contribution in [3.05, 3.63) is 10.2 Å². The summed E-state index contributed by atoms with van der Waals surface area (Å²) in [7, 11) is -4.11. The Morgan fingerprint density at radius 3 is 2.45 bits per heavy atom. The second-order valence-corrected chi connectivity index (χ2v) is 6.53. The monoisotopic (exact) mass is 342 g/mol. The van der Waals surface area contributed by atoms with Crippen LogP contribution in [0.3, 0.4) is 0 Å². The molecule has 0 aromatic heterocycles. The van der Waals surface area contributed by atoms with Gasteiger partial charge in [0, 0.05) is 13.1 Å². The molecule has 0 unspecified atom stereocenters. The van der Waals surface area contributed by atoms with E-state index in [4.69, 9.17) is 28.3 Å². The molecular weight excluding hydrogens is 335 g/mol. The molecule has 0 atom stereocenters. The topological polar surface area (TPSA) is 128 Å². The lowest BCUT2D eigenvalue weighted by Gasteiger charge is -2.33. The normalized spacial score (nSPS) is 22.4. The van der Waals surface area contributed by atoms with Crippen LogP contribution in [0.4, 0.5) is 4.79 Å². The number of urea groups is 1. The predicted molar refractivity (Wildman–Crippen MR) is 69.5 cm³/mol. The van der Waals surface area contributed by atoms with Crippen molar-refractivity contribution < 1.29 is 23.1 Å². The summed E-state index contributed by atoms with van der Waals surface area (Å²) in [4.78, 5) is 21.7. The SMILES string of the molecule is O=C1NC(=C(Cl)Cl)/C(=N/S(=O)(=O)N2CC(C(=O)O)C2)N1. The van der Waals surface area contributed by atoms with Crippen LogP contribution >= 0.6 is 23.2 Å². The number of carboxylic acid groups (broad SMARTS) is 1. The molecule has 20 heavy (non-hydrogen) atoms. The van der Waals surface area contributed by atoms with E-state index in [-0.39, 0.29) is 29.1 Å². The first-order valence-corrected chi connectivity index (χ1v) is 7.32. The van der Waals surface area contributed by atoms with Gasteiger partial charge in [-0.2, -0.15) is 12.7 Å². The van der Waals surface area contributed by atoms with Crippen LogP contribution in [-0.4, -0.2) is 48.8 Å². The van der Waals surface area contributed by atoms with Crippen LogP contribution in [0, 0.1) is 5.92 Å². The molecule has 0 aromatic rings. The molecule has 0 bridgehead atoms. The van der Waals surface area contributed by atoms with Crippen molar-refractivity contribution in [2.45, 2.75) is 0 Å². The predicted octanol–water partition coefficient (Wildman–Crippen LogP) is -0.394. The smallest absolute Gasteiger partial charge is 0.325 e. The van der Waals surface area contributed by atoms with Crippen LogP contribution in [0.15, 0.2) is 14.6 Å². The van der Waals surface area contributed by atoms with Crippen molar-refractivity contribution in [2.24, 2.45) is 10.3 Å². The van der Waals surface area contributed by atoms with E-state index in [9.17, 15) is 18.0 Å². The van der Waals surface area contributed by atoms with Crippen molar-refractivity contribution >= 4 is 51.2 Å². The Balaban J connectivity index is 2.20. The van der Waals surface area contributed by atoms with Crippen LogP contribution in [0.1, 0.15) is 0 Å². The van der Waals surface area contributed by atoms with Gasteiger partial charge in [0.2, 0.25) is 0 Å². The molecule has 2 heterocycles. The number of carbonyl (C=O) groups is 2. The van der Waals surface area contributed by atoms with E-state index in [0.717, 1.165) is 4.31 Å². The zero-order chi connectivity index (χ0) is 15.1. The van der Waals surface area contributed by atoms with Gasteiger partial charge in [0.15, 0.2) is 5.84 Å². The molecule has 12 heteroatoms. The van der Waals surface area contributed by atoms with E-state index in [1.807, 2.05) is 0 Å². The zero-order valence-electron chi connectivity index (χ0n) is 9.63. The fourth-order valence-electron chi connectivity index (χ4n) is 1.54. The third kappa shape index (κ3) is 2.87. The molecule has 2 saturated heterocycles. The molecule has 3 N–H and O–H groups in total. The molecule has 2 amide bonds. The number of amidine groups is 1. The lowest BCUT2D eigenvalue weighted by molar-refractivity contribution is -0.145. The van der Waals surface area contributed by atoms with E-state index in [1.165, 1.54) is 0 Å². The first-order chi connectivity index (χ1) is 9.20. The van der Waals surface area contributed by atoms with E-state index in [1.54, 1.807) is 0 Å². The highest BCUT2D eigenvalue weighted by Gasteiger charge is 2.40. The standard InChI is InChI=1S/C8H8Cl2N4O5S/c9-5(10)4-6(12-8(17)11-4)13-20(18,19)14-1-3(2-14)7(15)16/h3H,1-2H2,(H,15,16)(H2,11,12,13,17). The summed E-state index contributed by atoms with van der Waals surface area (Å²) in [5.41, 5.74) is -0.155. The molecule has 110 valence electrons. The Labute approximate surface area is 123 Å². The van der Waals surface area contributed by atoms with Crippen LogP contribution < -0.4 is 10.6 Å². The zero-order valence-corrected chi connectivity index (χ0v) is 12.0. The Bertz CT molecular complexity index is 633. The van der Waals surface area contributed by atoms with Gasteiger partial charge in [-0.05, 0) is 0 Å². The average Bonchev–Trinajstić information content (AvgIpc) is 2.54. The summed E-state index contributed by atoms with van der Waals surface area (Å²) in [6.45, 7) is -0.354. The highest BCUT2D eigenvalue weighted by molar-refractivity contribution is 7.88. The van der Waals surface area contributed by atoms with Gasteiger partial charge >= 0.3 is 22.2 Å². The minimum Gasteiger partial charge on any atom is -0.481 e. The van der Waals surface area contributed by atoms with Gasteiger partial charge in [-0.15, -0.1) is 4.40 Å².